The number of aromatic nitrogens is 1. The molecule has 0 spiro atoms. The number of carboxylic acid groups (broad SMARTS) is 1. The van der Waals surface area contributed by atoms with Gasteiger partial charge in [-0.25, -0.2) is 4.79 Å². The number of hydrogen-bond acceptors (Lipinski definition) is 4. The molecule has 0 aromatic carbocycles. The first-order chi connectivity index (χ1) is 8.16. The molecule has 17 heavy (non-hydrogen) atoms. The summed E-state index contributed by atoms with van der Waals surface area (Å²) in [5, 5.41) is 11.2. The third-order valence-corrected chi connectivity index (χ3v) is 1.96. The summed E-state index contributed by atoms with van der Waals surface area (Å²) in [4.78, 5) is 26.0. The number of amides is 1. The van der Waals surface area contributed by atoms with Crippen molar-refractivity contribution in [3.63, 3.8) is 0 Å². The van der Waals surface area contributed by atoms with Gasteiger partial charge in [-0.1, -0.05) is 0 Å². The number of furan rings is 1. The monoisotopic (exact) mass is 232 g/mol. The molecule has 0 aliphatic carbocycles. The largest absolute Gasteiger partial charge is 0.475 e. The van der Waals surface area contributed by atoms with Crippen LogP contribution in [-0.4, -0.2) is 22.0 Å². The third-order valence-electron chi connectivity index (χ3n) is 1.96. The first-order valence-corrected chi connectivity index (χ1v) is 4.71. The van der Waals surface area contributed by atoms with Crippen LogP contribution in [0.3, 0.4) is 0 Å². The summed E-state index contributed by atoms with van der Waals surface area (Å²) in [5.41, 5.74) is 0.505. The number of carbonyl (C=O) groups excluding carboxylic acids is 1. The summed E-state index contributed by atoms with van der Waals surface area (Å²) >= 11 is 0. The van der Waals surface area contributed by atoms with Crippen molar-refractivity contribution in [3.8, 4) is 0 Å². The fourth-order valence-corrected chi connectivity index (χ4v) is 1.20. The molecular weight excluding hydrogens is 224 g/mol. The molecule has 6 nitrogen and oxygen atoms in total. The normalized spacial score (nSPS) is 9.88. The first-order valence-electron chi connectivity index (χ1n) is 4.71. The van der Waals surface area contributed by atoms with Crippen molar-refractivity contribution in [1.82, 2.24) is 4.98 Å². The Balaban J connectivity index is 2.12. The summed E-state index contributed by atoms with van der Waals surface area (Å²) in [5.74, 6) is -2.08. The quantitative estimate of drug-likeness (QED) is 0.838. The number of hydrogen-bond donors (Lipinski definition) is 2. The van der Waals surface area contributed by atoms with Crippen LogP contribution in [0.1, 0.15) is 21.1 Å². The van der Waals surface area contributed by atoms with E-state index < -0.39 is 11.9 Å². The van der Waals surface area contributed by atoms with E-state index in [-0.39, 0.29) is 11.5 Å². The van der Waals surface area contributed by atoms with Gasteiger partial charge in [-0.2, -0.15) is 0 Å². The van der Waals surface area contributed by atoms with Gasteiger partial charge in [0.25, 0.3) is 5.91 Å². The van der Waals surface area contributed by atoms with Gasteiger partial charge in [0.05, 0.1) is 11.9 Å². The van der Waals surface area contributed by atoms with E-state index in [4.69, 9.17) is 9.52 Å². The highest BCUT2D eigenvalue weighted by Crippen LogP contribution is 2.11. The van der Waals surface area contributed by atoms with Gasteiger partial charge < -0.3 is 14.8 Å². The summed E-state index contributed by atoms with van der Waals surface area (Å²) < 4.78 is 4.85. The van der Waals surface area contributed by atoms with Crippen molar-refractivity contribution >= 4 is 17.6 Å². The predicted octanol–water partition coefficient (Wildman–Crippen LogP) is 1.63. The van der Waals surface area contributed by atoms with Crippen molar-refractivity contribution in [2.24, 2.45) is 0 Å². The van der Waals surface area contributed by atoms with Gasteiger partial charge in [0, 0.05) is 6.20 Å². The van der Waals surface area contributed by atoms with Gasteiger partial charge in [-0.15, -0.1) is 0 Å². The van der Waals surface area contributed by atoms with E-state index in [1.807, 2.05) is 0 Å². The second kappa shape index (κ2) is 4.48. The minimum atomic E-state index is -1.22. The highest BCUT2D eigenvalue weighted by atomic mass is 16.4. The number of nitrogens with zero attached hydrogens (tertiary/aromatic N) is 1. The second-order valence-corrected chi connectivity index (χ2v) is 3.16. The maximum Gasteiger partial charge on any atom is 0.371 e. The van der Waals surface area contributed by atoms with Gasteiger partial charge in [0.15, 0.2) is 5.76 Å². The lowest BCUT2D eigenvalue weighted by Crippen LogP contribution is -2.10. The van der Waals surface area contributed by atoms with Crippen LogP contribution in [-0.2, 0) is 0 Å². The molecule has 0 bridgehead atoms. The number of carboxylic acids is 1. The molecule has 0 unspecified atom stereocenters. The average molecular weight is 232 g/mol. The van der Waals surface area contributed by atoms with Gasteiger partial charge in [0.1, 0.15) is 0 Å². The fraction of sp³-hybridized carbons (Fsp3) is 0. The molecule has 2 heterocycles. The maximum atomic E-state index is 11.6. The molecule has 0 fully saturated rings. The van der Waals surface area contributed by atoms with Crippen molar-refractivity contribution in [3.05, 3.63) is 48.2 Å². The number of rotatable bonds is 3. The fourth-order valence-electron chi connectivity index (χ4n) is 1.20. The standard InChI is InChI=1S/C11H8N2O4/c14-10(13-7-2-1-5-12-6-7)8-3-4-9(17-8)11(15)16/h1-6H,(H,13,14)(H,15,16). The smallest absolute Gasteiger partial charge is 0.371 e. The maximum absolute atomic E-state index is 11.6. The highest BCUT2D eigenvalue weighted by Gasteiger charge is 2.14. The van der Waals surface area contributed by atoms with Crippen LogP contribution in [0.2, 0.25) is 0 Å². The summed E-state index contributed by atoms with van der Waals surface area (Å²) in [6.45, 7) is 0. The lowest BCUT2D eigenvalue weighted by atomic mass is 10.3. The van der Waals surface area contributed by atoms with Crippen LogP contribution in [0.4, 0.5) is 5.69 Å². The van der Waals surface area contributed by atoms with E-state index in [9.17, 15) is 9.59 Å². The van der Waals surface area contributed by atoms with Gasteiger partial charge >= 0.3 is 5.97 Å². The Morgan fingerprint density at radius 3 is 2.59 bits per heavy atom. The molecule has 2 aromatic heterocycles. The van der Waals surface area contributed by atoms with Crippen molar-refractivity contribution < 1.29 is 19.1 Å². The summed E-state index contributed by atoms with van der Waals surface area (Å²) in [6, 6.07) is 5.85. The molecule has 2 aromatic rings. The molecule has 6 heteroatoms. The molecule has 0 atom stereocenters. The van der Waals surface area contributed by atoms with Crippen LogP contribution in [0, 0.1) is 0 Å². The Morgan fingerprint density at radius 1 is 1.24 bits per heavy atom. The number of pyridine rings is 1. The molecule has 2 rings (SSSR count). The molecule has 0 radical (unpaired) electrons. The first kappa shape index (κ1) is 10.9. The molecule has 0 aliphatic heterocycles. The number of nitrogens with one attached hydrogen (secondary N) is 1. The lowest BCUT2D eigenvalue weighted by molar-refractivity contribution is 0.0660. The Bertz CT molecular complexity index is 548. The number of carbonyl (C=O) groups is 2. The van der Waals surface area contributed by atoms with Crippen LogP contribution < -0.4 is 5.32 Å². The van der Waals surface area contributed by atoms with E-state index in [2.05, 4.69) is 10.3 Å². The third kappa shape index (κ3) is 2.49. The molecular formula is C11H8N2O4. The SMILES string of the molecule is O=C(O)c1ccc(C(=O)Nc2cccnc2)o1. The minimum Gasteiger partial charge on any atom is -0.475 e. The van der Waals surface area contributed by atoms with Crippen LogP contribution in [0.5, 0.6) is 0 Å². The molecule has 86 valence electrons. The van der Waals surface area contributed by atoms with Crippen molar-refractivity contribution in [2.45, 2.75) is 0 Å². The highest BCUT2D eigenvalue weighted by molar-refractivity contribution is 6.02. The second-order valence-electron chi connectivity index (χ2n) is 3.16. The predicted molar refractivity (Wildman–Crippen MR) is 57.9 cm³/mol. The van der Waals surface area contributed by atoms with E-state index in [1.54, 1.807) is 18.3 Å². The topological polar surface area (TPSA) is 92.4 Å². The zero-order valence-electron chi connectivity index (χ0n) is 8.58. The van der Waals surface area contributed by atoms with Crippen LogP contribution >= 0.6 is 0 Å². The minimum absolute atomic E-state index is 0.0637. The molecule has 2 N–H and O–H groups in total. The van der Waals surface area contributed by atoms with Gasteiger partial charge in [-0.3, -0.25) is 9.78 Å². The van der Waals surface area contributed by atoms with E-state index >= 15 is 0 Å². The molecule has 0 saturated heterocycles. The van der Waals surface area contributed by atoms with Gasteiger partial charge in [0.2, 0.25) is 5.76 Å². The summed E-state index contributed by atoms with van der Waals surface area (Å²) in [6.07, 6.45) is 3.05. The lowest BCUT2D eigenvalue weighted by Gasteiger charge is -2.00. The summed E-state index contributed by atoms with van der Waals surface area (Å²) in [7, 11) is 0. The Kier molecular flexibility index (Phi) is 2.87. The van der Waals surface area contributed by atoms with Crippen LogP contribution in [0.15, 0.2) is 41.1 Å². The molecule has 1 amide bonds. The van der Waals surface area contributed by atoms with Crippen molar-refractivity contribution in [1.29, 1.82) is 0 Å². The zero-order valence-corrected chi connectivity index (χ0v) is 8.58. The van der Waals surface area contributed by atoms with E-state index in [0.29, 0.717) is 5.69 Å². The Labute approximate surface area is 95.9 Å². The number of anilines is 1. The van der Waals surface area contributed by atoms with Gasteiger partial charge in [-0.05, 0) is 24.3 Å². The van der Waals surface area contributed by atoms with E-state index in [0.717, 1.165) is 0 Å². The Hall–Kier alpha value is -2.63. The number of aromatic carboxylic acids is 1. The Morgan fingerprint density at radius 2 is 2.00 bits per heavy atom. The zero-order chi connectivity index (χ0) is 12.3. The van der Waals surface area contributed by atoms with Crippen molar-refractivity contribution in [2.75, 3.05) is 5.32 Å². The van der Waals surface area contributed by atoms with Crippen LogP contribution in [0.25, 0.3) is 0 Å². The molecule has 0 aliphatic rings. The molecule has 0 saturated carbocycles. The average Bonchev–Trinajstić information content (AvgIpc) is 2.79. The van der Waals surface area contributed by atoms with E-state index in [1.165, 1.54) is 18.3 Å².